The zero-order valence-corrected chi connectivity index (χ0v) is 14.9. The molecule has 0 saturated carbocycles. The van der Waals surface area contributed by atoms with Crippen LogP contribution in [0, 0.1) is 6.92 Å². The van der Waals surface area contributed by atoms with Crippen molar-refractivity contribution in [3.63, 3.8) is 0 Å². The number of methoxy groups -OCH3 is 1. The zero-order chi connectivity index (χ0) is 16.9. The van der Waals surface area contributed by atoms with Crippen molar-refractivity contribution < 1.29 is 9.84 Å². The van der Waals surface area contributed by atoms with E-state index in [-0.39, 0.29) is 19.0 Å². The van der Waals surface area contributed by atoms with Gasteiger partial charge in [-0.15, -0.1) is 12.4 Å². The van der Waals surface area contributed by atoms with Crippen LogP contribution in [0.5, 0.6) is 5.75 Å². The van der Waals surface area contributed by atoms with E-state index in [2.05, 4.69) is 20.6 Å². The van der Waals surface area contributed by atoms with Crippen molar-refractivity contribution in [2.75, 3.05) is 30.9 Å². The fourth-order valence-corrected chi connectivity index (χ4v) is 2.48. The molecular weight excluding hydrogens is 340 g/mol. The van der Waals surface area contributed by atoms with E-state index in [0.717, 1.165) is 27.9 Å². The first-order chi connectivity index (χ1) is 11.7. The molecule has 0 aliphatic rings. The van der Waals surface area contributed by atoms with Crippen molar-refractivity contribution in [2.45, 2.75) is 6.92 Å². The molecule has 132 valence electrons. The highest BCUT2D eigenvalue weighted by molar-refractivity contribution is 5.90. The molecule has 0 aliphatic carbocycles. The number of aliphatic hydroxyl groups is 1. The third-order valence-corrected chi connectivity index (χ3v) is 3.61. The third kappa shape index (κ3) is 4.29. The molecule has 1 aromatic heterocycles. The Balaban J connectivity index is 0.00000225. The number of anilines is 3. The van der Waals surface area contributed by atoms with E-state index >= 15 is 0 Å². The maximum atomic E-state index is 9.06. The lowest BCUT2D eigenvalue weighted by Gasteiger charge is -2.13. The number of aromatic nitrogens is 2. The fraction of sp³-hybridized carbons (Fsp3) is 0.222. The molecule has 0 radical (unpaired) electrons. The van der Waals surface area contributed by atoms with Gasteiger partial charge in [-0.2, -0.15) is 4.98 Å². The van der Waals surface area contributed by atoms with E-state index in [1.165, 1.54) is 0 Å². The molecule has 6 nitrogen and oxygen atoms in total. The number of halogens is 1. The molecule has 3 N–H and O–H groups in total. The first-order valence-corrected chi connectivity index (χ1v) is 7.74. The van der Waals surface area contributed by atoms with Crippen LogP contribution in [0.3, 0.4) is 0 Å². The first kappa shape index (κ1) is 18.8. The SMILES string of the molecule is COc1ccc(C)cc1Nc1nc(NCCO)c2ccccc2n1.Cl. The number of nitrogens with zero attached hydrogens (tertiary/aromatic N) is 2. The summed E-state index contributed by atoms with van der Waals surface area (Å²) in [4.78, 5) is 9.10. The molecule has 0 bridgehead atoms. The Morgan fingerprint density at radius 2 is 1.92 bits per heavy atom. The normalized spacial score (nSPS) is 10.2. The molecule has 7 heteroatoms. The van der Waals surface area contributed by atoms with Gasteiger partial charge in [-0.05, 0) is 36.8 Å². The van der Waals surface area contributed by atoms with E-state index in [4.69, 9.17) is 9.84 Å². The van der Waals surface area contributed by atoms with Crippen LogP contribution in [-0.4, -0.2) is 35.3 Å². The van der Waals surface area contributed by atoms with Crippen LogP contribution in [-0.2, 0) is 0 Å². The number of ether oxygens (including phenoxy) is 1. The van der Waals surface area contributed by atoms with E-state index in [9.17, 15) is 0 Å². The summed E-state index contributed by atoms with van der Waals surface area (Å²) in [5.41, 5.74) is 2.74. The van der Waals surface area contributed by atoms with Crippen LogP contribution < -0.4 is 15.4 Å². The van der Waals surface area contributed by atoms with Gasteiger partial charge in [-0.25, -0.2) is 4.98 Å². The van der Waals surface area contributed by atoms with Gasteiger partial charge in [0.05, 0.1) is 24.9 Å². The van der Waals surface area contributed by atoms with Gasteiger partial charge in [0.1, 0.15) is 11.6 Å². The van der Waals surface area contributed by atoms with Crippen LogP contribution in [0.15, 0.2) is 42.5 Å². The lowest BCUT2D eigenvalue weighted by atomic mass is 10.2. The maximum Gasteiger partial charge on any atom is 0.229 e. The van der Waals surface area contributed by atoms with E-state index < -0.39 is 0 Å². The van der Waals surface area contributed by atoms with Gasteiger partial charge in [0, 0.05) is 11.9 Å². The van der Waals surface area contributed by atoms with Crippen LogP contribution >= 0.6 is 12.4 Å². The van der Waals surface area contributed by atoms with Crippen molar-refractivity contribution >= 4 is 40.8 Å². The number of aliphatic hydroxyl groups excluding tert-OH is 1. The Kier molecular flexibility index (Phi) is 6.38. The highest BCUT2D eigenvalue weighted by Crippen LogP contribution is 2.29. The van der Waals surface area contributed by atoms with Crippen molar-refractivity contribution in [3.05, 3.63) is 48.0 Å². The van der Waals surface area contributed by atoms with Crippen LogP contribution in [0.4, 0.5) is 17.5 Å². The van der Waals surface area contributed by atoms with Gasteiger partial charge in [0.2, 0.25) is 5.95 Å². The van der Waals surface area contributed by atoms with E-state index in [1.54, 1.807) is 7.11 Å². The number of rotatable bonds is 6. The summed E-state index contributed by atoms with van der Waals surface area (Å²) in [6.07, 6.45) is 0. The number of nitrogens with one attached hydrogen (secondary N) is 2. The average molecular weight is 361 g/mol. The van der Waals surface area contributed by atoms with Crippen molar-refractivity contribution in [2.24, 2.45) is 0 Å². The molecule has 3 aromatic rings. The molecule has 0 aliphatic heterocycles. The lowest BCUT2D eigenvalue weighted by Crippen LogP contribution is -2.09. The molecule has 3 rings (SSSR count). The molecule has 0 amide bonds. The lowest BCUT2D eigenvalue weighted by molar-refractivity contribution is 0.311. The van der Waals surface area contributed by atoms with Gasteiger partial charge in [-0.1, -0.05) is 18.2 Å². The van der Waals surface area contributed by atoms with E-state index in [1.807, 2.05) is 49.4 Å². The van der Waals surface area contributed by atoms with Gasteiger partial charge in [0.25, 0.3) is 0 Å². The summed E-state index contributed by atoms with van der Waals surface area (Å²) in [7, 11) is 1.63. The fourth-order valence-electron chi connectivity index (χ4n) is 2.48. The number of benzene rings is 2. The monoisotopic (exact) mass is 360 g/mol. The van der Waals surface area contributed by atoms with Gasteiger partial charge >= 0.3 is 0 Å². The first-order valence-electron chi connectivity index (χ1n) is 7.74. The molecule has 0 saturated heterocycles. The number of hydrogen-bond acceptors (Lipinski definition) is 6. The van der Waals surface area contributed by atoms with Crippen LogP contribution in [0.2, 0.25) is 0 Å². The minimum absolute atomic E-state index is 0. The zero-order valence-electron chi connectivity index (χ0n) is 14.1. The van der Waals surface area contributed by atoms with Crippen molar-refractivity contribution in [3.8, 4) is 5.75 Å². The summed E-state index contributed by atoms with van der Waals surface area (Å²) in [6.45, 7) is 2.47. The average Bonchev–Trinajstić information content (AvgIpc) is 2.60. The smallest absolute Gasteiger partial charge is 0.229 e. The predicted molar refractivity (Wildman–Crippen MR) is 103 cm³/mol. The Morgan fingerprint density at radius 3 is 2.68 bits per heavy atom. The summed E-state index contributed by atoms with van der Waals surface area (Å²) < 4.78 is 5.39. The Labute approximate surface area is 152 Å². The molecular formula is C18H21ClN4O2. The van der Waals surface area contributed by atoms with E-state index in [0.29, 0.717) is 18.3 Å². The quantitative estimate of drug-likeness (QED) is 0.624. The molecule has 0 spiro atoms. The maximum absolute atomic E-state index is 9.06. The van der Waals surface area contributed by atoms with Crippen molar-refractivity contribution in [1.82, 2.24) is 9.97 Å². The molecule has 0 fully saturated rings. The van der Waals surface area contributed by atoms with Crippen molar-refractivity contribution in [1.29, 1.82) is 0 Å². The van der Waals surface area contributed by atoms with Gasteiger partial charge < -0.3 is 20.5 Å². The number of fused-ring (bicyclic) bond motifs is 1. The predicted octanol–water partition coefficient (Wildman–Crippen LogP) is 3.52. The summed E-state index contributed by atoms with van der Waals surface area (Å²) >= 11 is 0. The number of para-hydroxylation sites is 1. The second-order valence-electron chi connectivity index (χ2n) is 5.39. The summed E-state index contributed by atoms with van der Waals surface area (Å²) in [6, 6.07) is 13.6. The molecule has 2 aromatic carbocycles. The minimum atomic E-state index is 0. The molecule has 25 heavy (non-hydrogen) atoms. The second kappa shape index (κ2) is 8.50. The molecule has 0 unspecified atom stereocenters. The summed E-state index contributed by atoms with van der Waals surface area (Å²) in [5.74, 6) is 1.88. The molecule has 1 heterocycles. The highest BCUT2D eigenvalue weighted by Gasteiger charge is 2.10. The third-order valence-electron chi connectivity index (χ3n) is 3.61. The summed E-state index contributed by atoms with van der Waals surface area (Å²) in [5, 5.41) is 16.3. The van der Waals surface area contributed by atoms with Gasteiger partial charge in [-0.3, -0.25) is 0 Å². The van der Waals surface area contributed by atoms with Crippen LogP contribution in [0.1, 0.15) is 5.56 Å². The Bertz CT molecular complexity index is 858. The van der Waals surface area contributed by atoms with Gasteiger partial charge in [0.15, 0.2) is 0 Å². The second-order valence-corrected chi connectivity index (χ2v) is 5.39. The largest absolute Gasteiger partial charge is 0.495 e. The minimum Gasteiger partial charge on any atom is -0.495 e. The van der Waals surface area contributed by atoms with Crippen LogP contribution in [0.25, 0.3) is 10.9 Å². The number of hydrogen-bond donors (Lipinski definition) is 3. The Morgan fingerprint density at radius 1 is 1.12 bits per heavy atom. The molecule has 0 atom stereocenters. The topological polar surface area (TPSA) is 79.3 Å². The number of aryl methyl sites for hydroxylation is 1. The Hall–Kier alpha value is -2.57. The highest BCUT2D eigenvalue weighted by atomic mass is 35.5. The standard InChI is InChI=1S/C18H20N4O2.ClH/c1-12-7-8-16(24-2)15(11-12)21-18-20-14-6-4-3-5-13(14)17(22-18)19-9-10-23;/h3-8,11,23H,9-10H2,1-2H3,(H2,19,20,21,22);1H.